The van der Waals surface area contributed by atoms with Gasteiger partial charge in [-0.1, -0.05) is 18.2 Å². The second-order valence-corrected chi connectivity index (χ2v) is 10.4. The minimum atomic E-state index is -4.07. The highest BCUT2D eigenvalue weighted by molar-refractivity contribution is 7.92. The number of ether oxygens (including phenoxy) is 1. The molecule has 1 fully saturated rings. The summed E-state index contributed by atoms with van der Waals surface area (Å²) in [7, 11) is -2.45. The van der Waals surface area contributed by atoms with E-state index < -0.39 is 31.6 Å². The van der Waals surface area contributed by atoms with Crippen molar-refractivity contribution in [1.82, 2.24) is 4.98 Å². The van der Waals surface area contributed by atoms with Gasteiger partial charge in [-0.25, -0.2) is 22.2 Å². The Morgan fingerprint density at radius 2 is 1.74 bits per heavy atom. The highest BCUT2D eigenvalue weighted by Crippen LogP contribution is 2.31. The summed E-state index contributed by atoms with van der Waals surface area (Å²) in [6.45, 7) is 0.935. The van der Waals surface area contributed by atoms with Gasteiger partial charge in [-0.3, -0.25) is 0 Å². The molecule has 2 aromatic carbocycles. The Labute approximate surface area is 184 Å². The van der Waals surface area contributed by atoms with Gasteiger partial charge in [0.15, 0.2) is 15.0 Å². The fraction of sp³-hybridized carbons (Fsp3) is 0.318. The number of rotatable bonds is 6. The smallest absolute Gasteiger partial charge is 0.187 e. The van der Waals surface area contributed by atoms with Crippen LogP contribution in [0.5, 0.6) is 5.75 Å². The Kier molecular flexibility index (Phi) is 6.24. The van der Waals surface area contributed by atoms with Crippen LogP contribution in [-0.2, 0) is 16.3 Å². The van der Waals surface area contributed by atoms with Crippen molar-refractivity contribution in [1.29, 1.82) is 0 Å². The Morgan fingerprint density at radius 1 is 1.10 bits per heavy atom. The first-order valence-corrected chi connectivity index (χ1v) is 12.3. The van der Waals surface area contributed by atoms with E-state index in [1.54, 1.807) is 7.11 Å². The fourth-order valence-corrected chi connectivity index (χ4v) is 6.48. The van der Waals surface area contributed by atoms with Gasteiger partial charge in [0.25, 0.3) is 0 Å². The van der Waals surface area contributed by atoms with Crippen LogP contribution >= 0.6 is 11.3 Å². The lowest BCUT2D eigenvalue weighted by Gasteiger charge is -2.31. The molecule has 9 heteroatoms. The molecule has 3 aromatic rings. The van der Waals surface area contributed by atoms with Crippen LogP contribution in [0, 0.1) is 11.6 Å². The first-order chi connectivity index (χ1) is 14.9. The molecule has 0 atom stereocenters. The van der Waals surface area contributed by atoms with Crippen LogP contribution in [0.25, 0.3) is 0 Å². The number of benzene rings is 2. The zero-order valence-corrected chi connectivity index (χ0v) is 18.6. The van der Waals surface area contributed by atoms with Crippen molar-refractivity contribution in [3.05, 3.63) is 70.7 Å². The van der Waals surface area contributed by atoms with Crippen molar-refractivity contribution >= 4 is 26.3 Å². The van der Waals surface area contributed by atoms with Crippen molar-refractivity contribution in [3.8, 4) is 5.75 Å². The molecule has 0 N–H and O–H groups in total. The van der Waals surface area contributed by atoms with Gasteiger partial charge < -0.3 is 9.64 Å². The summed E-state index contributed by atoms with van der Waals surface area (Å²) in [4.78, 5) is 5.91. The van der Waals surface area contributed by atoms with Gasteiger partial charge in [-0.05, 0) is 42.7 Å². The van der Waals surface area contributed by atoms with Gasteiger partial charge in [-0.15, -0.1) is 11.3 Å². The molecule has 1 aromatic heterocycles. The molecule has 4 rings (SSSR count). The molecule has 164 valence electrons. The lowest BCUT2D eigenvalue weighted by atomic mass is 10.1. The average Bonchev–Trinajstić information content (AvgIpc) is 3.22. The second-order valence-electron chi connectivity index (χ2n) is 7.43. The maximum absolute atomic E-state index is 14.0. The predicted molar refractivity (Wildman–Crippen MR) is 117 cm³/mol. The molecule has 0 saturated carbocycles. The summed E-state index contributed by atoms with van der Waals surface area (Å²) in [5.74, 6) is -1.27. The molecule has 0 radical (unpaired) electrons. The second kappa shape index (κ2) is 8.92. The molecule has 5 nitrogen and oxygen atoms in total. The van der Waals surface area contributed by atoms with Gasteiger partial charge in [0, 0.05) is 24.9 Å². The molecule has 0 unspecified atom stereocenters. The SMILES string of the molecule is COc1ccc(Cc2csc(N3CCC(S(=O)(=O)c4c(F)cccc4F)CC3)n2)cc1. The van der Waals surface area contributed by atoms with Crippen molar-refractivity contribution in [2.45, 2.75) is 29.4 Å². The lowest BCUT2D eigenvalue weighted by Crippen LogP contribution is -2.39. The van der Waals surface area contributed by atoms with E-state index in [1.165, 1.54) is 11.3 Å². The molecule has 31 heavy (non-hydrogen) atoms. The number of piperidine rings is 1. The van der Waals surface area contributed by atoms with Crippen LogP contribution in [0.1, 0.15) is 24.1 Å². The number of aromatic nitrogens is 1. The first kappa shape index (κ1) is 21.7. The largest absolute Gasteiger partial charge is 0.497 e. The number of nitrogens with zero attached hydrogens (tertiary/aromatic N) is 2. The normalized spacial score (nSPS) is 15.3. The third-order valence-corrected chi connectivity index (χ3v) is 8.70. The highest BCUT2D eigenvalue weighted by Gasteiger charge is 2.35. The maximum Gasteiger partial charge on any atom is 0.187 e. The first-order valence-electron chi connectivity index (χ1n) is 9.88. The summed E-state index contributed by atoms with van der Waals surface area (Å²) >= 11 is 1.51. The molecule has 0 spiro atoms. The summed E-state index contributed by atoms with van der Waals surface area (Å²) < 4.78 is 58.8. The predicted octanol–water partition coefficient (Wildman–Crippen LogP) is 4.46. The number of hydrogen-bond acceptors (Lipinski definition) is 6. The Morgan fingerprint density at radius 3 is 2.35 bits per heavy atom. The monoisotopic (exact) mass is 464 g/mol. The van der Waals surface area contributed by atoms with Crippen molar-refractivity contribution in [2.24, 2.45) is 0 Å². The van der Waals surface area contributed by atoms with Crippen LogP contribution in [0.15, 0.2) is 52.7 Å². The van der Waals surface area contributed by atoms with Gasteiger partial charge in [-0.2, -0.15) is 0 Å². The average molecular weight is 465 g/mol. The number of sulfone groups is 1. The third-order valence-electron chi connectivity index (χ3n) is 5.44. The van der Waals surface area contributed by atoms with Crippen LogP contribution in [0.2, 0.25) is 0 Å². The van der Waals surface area contributed by atoms with Crippen LogP contribution in [-0.4, -0.2) is 38.9 Å². The summed E-state index contributed by atoms with van der Waals surface area (Å²) in [6.07, 6.45) is 1.28. The molecule has 0 bridgehead atoms. The van der Waals surface area contributed by atoms with Crippen molar-refractivity contribution in [2.75, 3.05) is 25.1 Å². The van der Waals surface area contributed by atoms with Crippen LogP contribution in [0.3, 0.4) is 0 Å². The lowest BCUT2D eigenvalue weighted by molar-refractivity contribution is 0.414. The van der Waals surface area contributed by atoms with E-state index in [-0.39, 0.29) is 0 Å². The van der Waals surface area contributed by atoms with E-state index in [0.717, 1.165) is 40.3 Å². The number of halogens is 2. The molecule has 1 aliphatic rings. The van der Waals surface area contributed by atoms with E-state index in [1.807, 2.05) is 34.5 Å². The van der Waals surface area contributed by atoms with Gasteiger partial charge in [0.05, 0.1) is 18.1 Å². The minimum Gasteiger partial charge on any atom is -0.497 e. The summed E-state index contributed by atoms with van der Waals surface area (Å²) in [5.41, 5.74) is 2.06. The van der Waals surface area contributed by atoms with E-state index in [9.17, 15) is 17.2 Å². The number of hydrogen-bond donors (Lipinski definition) is 0. The number of anilines is 1. The van der Waals surface area contributed by atoms with Crippen LogP contribution in [0.4, 0.5) is 13.9 Å². The molecule has 0 amide bonds. The topological polar surface area (TPSA) is 59.5 Å². The molecule has 2 heterocycles. The number of methoxy groups -OCH3 is 1. The summed E-state index contributed by atoms with van der Waals surface area (Å²) in [6, 6.07) is 10.9. The number of thiazole rings is 1. The molecular formula is C22H22F2N2O3S2. The van der Waals surface area contributed by atoms with Gasteiger partial charge >= 0.3 is 0 Å². The highest BCUT2D eigenvalue weighted by atomic mass is 32.2. The molecule has 1 saturated heterocycles. The summed E-state index contributed by atoms with van der Waals surface area (Å²) in [5, 5.41) is 2.02. The van der Waals surface area contributed by atoms with E-state index in [4.69, 9.17) is 4.74 Å². The van der Waals surface area contributed by atoms with E-state index in [0.29, 0.717) is 32.4 Å². The van der Waals surface area contributed by atoms with Crippen LogP contribution < -0.4 is 9.64 Å². The van der Waals surface area contributed by atoms with Gasteiger partial charge in [0.2, 0.25) is 0 Å². The molecular weight excluding hydrogens is 442 g/mol. The van der Waals surface area contributed by atoms with Crippen molar-refractivity contribution < 1.29 is 21.9 Å². The van der Waals surface area contributed by atoms with Crippen molar-refractivity contribution in [3.63, 3.8) is 0 Å². The zero-order valence-electron chi connectivity index (χ0n) is 16.9. The quantitative estimate of drug-likeness (QED) is 0.539. The Bertz CT molecular complexity index is 1140. The fourth-order valence-electron chi connectivity index (χ4n) is 3.75. The Balaban J connectivity index is 1.41. The van der Waals surface area contributed by atoms with E-state index in [2.05, 4.69) is 4.98 Å². The minimum absolute atomic E-state index is 0.295. The zero-order chi connectivity index (χ0) is 22.0. The molecule has 1 aliphatic heterocycles. The Hall–Kier alpha value is -2.52. The third kappa shape index (κ3) is 4.57. The van der Waals surface area contributed by atoms with Gasteiger partial charge in [0.1, 0.15) is 22.3 Å². The van der Waals surface area contributed by atoms with E-state index >= 15 is 0 Å². The standard InChI is InChI=1S/C22H22F2N2O3S2/c1-29-17-7-5-15(6-8-17)13-16-14-30-22(25-16)26-11-9-18(10-12-26)31(27,28)21-19(23)3-2-4-20(21)24/h2-8,14,18H,9-13H2,1H3. The molecule has 0 aliphatic carbocycles. The maximum atomic E-state index is 14.0.